The average Bonchev–Trinajstić information content (AvgIpc) is 3.41. The lowest BCUT2D eigenvalue weighted by Crippen LogP contribution is -2.53. The molecule has 1 atom stereocenters. The number of benzene rings is 1. The van der Waals surface area contributed by atoms with Gasteiger partial charge in [-0.2, -0.15) is 4.98 Å². The van der Waals surface area contributed by atoms with Crippen LogP contribution in [0.25, 0.3) is 27.7 Å². The van der Waals surface area contributed by atoms with Crippen molar-refractivity contribution in [3.63, 3.8) is 0 Å². The van der Waals surface area contributed by atoms with Gasteiger partial charge in [-0.3, -0.25) is 0 Å². The lowest BCUT2D eigenvalue weighted by Gasteiger charge is -2.36. The van der Waals surface area contributed by atoms with E-state index in [2.05, 4.69) is 25.7 Å². The summed E-state index contributed by atoms with van der Waals surface area (Å²) in [5.74, 6) is -3.88. The summed E-state index contributed by atoms with van der Waals surface area (Å²) in [5.41, 5.74) is 1.25. The third-order valence-corrected chi connectivity index (χ3v) is 6.30. The van der Waals surface area contributed by atoms with Gasteiger partial charge in [0, 0.05) is 6.54 Å². The van der Waals surface area contributed by atoms with Crippen LogP contribution in [-0.4, -0.2) is 87.1 Å². The van der Waals surface area contributed by atoms with Gasteiger partial charge in [-0.15, -0.1) is 10.2 Å². The Balaban J connectivity index is 1.57. The molecule has 0 aliphatic carbocycles. The maximum atomic E-state index is 15.2. The quantitative estimate of drug-likeness (QED) is 0.381. The Morgan fingerprint density at radius 3 is 2.72 bits per heavy atom. The van der Waals surface area contributed by atoms with E-state index in [1.165, 1.54) is 18.1 Å². The number of likely N-dealkylation sites (tertiary alicyclic amines) is 1. The molecule has 1 saturated heterocycles. The molecule has 0 amide bonds. The number of nitrogens with zero attached hydrogens (tertiary/aromatic N) is 7. The van der Waals surface area contributed by atoms with Crippen LogP contribution in [0.3, 0.4) is 0 Å². The number of anilines is 1. The molecule has 0 spiro atoms. The van der Waals surface area contributed by atoms with Crippen molar-refractivity contribution in [1.29, 1.82) is 0 Å². The van der Waals surface area contributed by atoms with E-state index in [4.69, 9.17) is 4.74 Å². The highest BCUT2D eigenvalue weighted by Crippen LogP contribution is 2.36. The summed E-state index contributed by atoms with van der Waals surface area (Å²) in [4.78, 5) is 5.75. The highest BCUT2D eigenvalue weighted by Gasteiger charge is 2.44. The molecule has 0 unspecified atom stereocenters. The maximum Gasteiger partial charge on any atom is 0.280 e. The molecule has 1 N–H and O–H groups in total. The molecule has 4 heterocycles. The van der Waals surface area contributed by atoms with Crippen molar-refractivity contribution in [3.05, 3.63) is 30.2 Å². The van der Waals surface area contributed by atoms with Crippen LogP contribution in [0.5, 0.6) is 5.88 Å². The normalized spacial score (nSPS) is 18.4. The van der Waals surface area contributed by atoms with Gasteiger partial charge in [-0.05, 0) is 31.2 Å². The van der Waals surface area contributed by atoms with E-state index in [1.807, 2.05) is 0 Å². The van der Waals surface area contributed by atoms with E-state index < -0.39 is 43.7 Å². The van der Waals surface area contributed by atoms with Gasteiger partial charge in [-0.1, -0.05) is 11.3 Å². The van der Waals surface area contributed by atoms with Crippen LogP contribution >= 0.6 is 0 Å². The first-order valence-corrected chi connectivity index (χ1v) is 11.2. The Bertz CT molecular complexity index is 1400. The van der Waals surface area contributed by atoms with E-state index in [-0.39, 0.29) is 29.3 Å². The first-order valence-electron chi connectivity index (χ1n) is 11.2. The summed E-state index contributed by atoms with van der Waals surface area (Å²) < 4.78 is 78.5. The second kappa shape index (κ2) is 9.15. The van der Waals surface area contributed by atoms with Gasteiger partial charge in [0.1, 0.15) is 30.4 Å². The van der Waals surface area contributed by atoms with Crippen molar-refractivity contribution in [1.82, 2.24) is 34.5 Å². The standard InChI is InChI=1S/C22H23F5N8O/c1-33-6-5-17(22(26,27)11-33)28-21-29-20(36-2)19-18(14(25)10-34(19)31-21)12-3-4-15-16(7-12)35(32-30-15)13(8-23)9-24/h3-4,7,10,13,17H,5-6,8-9,11H2,1-2H3,(H,28,31)/t17-/m1/s1. The lowest BCUT2D eigenvalue weighted by atomic mass is 10.0. The van der Waals surface area contributed by atoms with E-state index >= 15 is 4.39 Å². The summed E-state index contributed by atoms with van der Waals surface area (Å²) in [6.07, 6.45) is 1.25. The number of alkyl halides is 4. The molecule has 1 aromatic carbocycles. The molecule has 36 heavy (non-hydrogen) atoms. The van der Waals surface area contributed by atoms with Crippen molar-refractivity contribution < 1.29 is 26.7 Å². The summed E-state index contributed by atoms with van der Waals surface area (Å²) in [6, 6.07) is 2.27. The van der Waals surface area contributed by atoms with Crippen molar-refractivity contribution >= 4 is 22.5 Å². The zero-order valence-electron chi connectivity index (χ0n) is 19.4. The third-order valence-electron chi connectivity index (χ3n) is 6.30. The topological polar surface area (TPSA) is 85.4 Å². The number of nitrogens with one attached hydrogen (secondary N) is 1. The average molecular weight is 510 g/mol. The lowest BCUT2D eigenvalue weighted by molar-refractivity contribution is -0.0675. The SMILES string of the molecule is COc1nc(N[C@@H]2CCN(C)CC2(F)F)nn2cc(F)c(-c3ccc4nnn(C(CF)CF)c4c3)c12. The van der Waals surface area contributed by atoms with Gasteiger partial charge in [0.2, 0.25) is 11.8 Å². The number of aromatic nitrogens is 6. The Hall–Kier alpha value is -3.55. The van der Waals surface area contributed by atoms with E-state index in [9.17, 15) is 17.6 Å². The first-order chi connectivity index (χ1) is 17.2. The fourth-order valence-electron chi connectivity index (χ4n) is 4.48. The summed E-state index contributed by atoms with van der Waals surface area (Å²) in [5, 5.41) is 14.6. The Morgan fingerprint density at radius 1 is 1.25 bits per heavy atom. The zero-order chi connectivity index (χ0) is 25.6. The van der Waals surface area contributed by atoms with E-state index in [0.29, 0.717) is 23.1 Å². The summed E-state index contributed by atoms with van der Waals surface area (Å²) in [6.45, 7) is -1.92. The molecule has 0 bridgehead atoms. The van der Waals surface area contributed by atoms with E-state index in [0.717, 1.165) is 15.4 Å². The number of halogens is 5. The smallest absolute Gasteiger partial charge is 0.280 e. The van der Waals surface area contributed by atoms with Crippen LogP contribution in [0, 0.1) is 5.82 Å². The van der Waals surface area contributed by atoms with Gasteiger partial charge in [0.25, 0.3) is 5.92 Å². The van der Waals surface area contributed by atoms with Crippen molar-refractivity contribution in [3.8, 4) is 17.0 Å². The number of hydrogen-bond acceptors (Lipinski definition) is 7. The van der Waals surface area contributed by atoms with Crippen LogP contribution in [0.1, 0.15) is 12.5 Å². The van der Waals surface area contributed by atoms with Gasteiger partial charge in [0.15, 0.2) is 5.82 Å². The van der Waals surface area contributed by atoms with Crippen molar-refractivity contribution in [2.24, 2.45) is 0 Å². The zero-order valence-corrected chi connectivity index (χ0v) is 19.4. The van der Waals surface area contributed by atoms with Crippen LogP contribution in [0.4, 0.5) is 27.9 Å². The molecule has 1 fully saturated rings. The monoisotopic (exact) mass is 510 g/mol. The minimum atomic E-state index is -3.02. The number of piperidine rings is 1. The van der Waals surface area contributed by atoms with Crippen molar-refractivity contribution in [2.45, 2.75) is 24.4 Å². The summed E-state index contributed by atoms with van der Waals surface area (Å²) in [7, 11) is 2.94. The molecule has 0 radical (unpaired) electrons. The number of rotatable bonds is 7. The van der Waals surface area contributed by atoms with Gasteiger partial charge < -0.3 is 15.0 Å². The van der Waals surface area contributed by atoms with Crippen LogP contribution < -0.4 is 10.1 Å². The minimum absolute atomic E-state index is 0.0419. The number of ether oxygens (including phenoxy) is 1. The summed E-state index contributed by atoms with van der Waals surface area (Å²) >= 11 is 0. The molecule has 192 valence electrons. The number of fused-ring (bicyclic) bond motifs is 2. The molecular formula is C22H23F5N8O. The second-order valence-electron chi connectivity index (χ2n) is 8.77. The molecule has 1 aliphatic heterocycles. The molecule has 14 heteroatoms. The fourth-order valence-corrected chi connectivity index (χ4v) is 4.48. The van der Waals surface area contributed by atoms with Gasteiger partial charge in [-0.25, -0.2) is 31.1 Å². The molecule has 0 saturated carbocycles. The Kier molecular flexibility index (Phi) is 6.14. The van der Waals surface area contributed by atoms with Crippen LogP contribution in [0.15, 0.2) is 24.4 Å². The third kappa shape index (κ3) is 4.08. The highest BCUT2D eigenvalue weighted by atomic mass is 19.3. The molecule has 9 nitrogen and oxygen atoms in total. The number of methoxy groups -OCH3 is 1. The van der Waals surface area contributed by atoms with Gasteiger partial charge >= 0.3 is 0 Å². The van der Waals surface area contributed by atoms with E-state index in [1.54, 1.807) is 19.2 Å². The predicted octanol–water partition coefficient (Wildman–Crippen LogP) is 3.52. The van der Waals surface area contributed by atoms with Crippen LogP contribution in [0.2, 0.25) is 0 Å². The van der Waals surface area contributed by atoms with Gasteiger partial charge in [0.05, 0.1) is 37.0 Å². The Labute approximate surface area is 201 Å². The maximum absolute atomic E-state index is 15.2. The van der Waals surface area contributed by atoms with Crippen LogP contribution in [-0.2, 0) is 0 Å². The molecule has 4 aromatic rings. The molecule has 3 aromatic heterocycles. The minimum Gasteiger partial charge on any atom is -0.479 e. The molecule has 5 rings (SSSR count). The molecule has 1 aliphatic rings. The fraction of sp³-hybridized carbons (Fsp3) is 0.455. The first kappa shape index (κ1) is 24.2. The number of hydrogen-bond donors (Lipinski definition) is 1. The predicted molar refractivity (Wildman–Crippen MR) is 121 cm³/mol. The Morgan fingerprint density at radius 2 is 2.03 bits per heavy atom. The van der Waals surface area contributed by atoms with Crippen molar-refractivity contribution in [2.75, 3.05) is 45.9 Å². The second-order valence-corrected chi connectivity index (χ2v) is 8.77. The highest BCUT2D eigenvalue weighted by molar-refractivity contribution is 5.89. The molecular weight excluding hydrogens is 487 g/mol. The largest absolute Gasteiger partial charge is 0.479 e.